The van der Waals surface area contributed by atoms with Crippen LogP contribution in [0.3, 0.4) is 0 Å². The number of hydrogen-bond donors (Lipinski definition) is 0. The number of oxime groups is 1. The van der Waals surface area contributed by atoms with Crippen molar-refractivity contribution in [2.75, 3.05) is 13.2 Å². The summed E-state index contributed by atoms with van der Waals surface area (Å²) in [7, 11) is 0. The maximum atomic E-state index is 12.4. The molecule has 0 amide bonds. The molecule has 112 valence electrons. The van der Waals surface area contributed by atoms with Crippen LogP contribution in [0.1, 0.15) is 18.1 Å². The first-order chi connectivity index (χ1) is 10.8. The van der Waals surface area contributed by atoms with Crippen molar-refractivity contribution in [3.05, 3.63) is 71.8 Å². The molecule has 0 N–H and O–H groups in total. The Hall–Kier alpha value is -2.62. The third-order valence-electron chi connectivity index (χ3n) is 3.84. The Balaban J connectivity index is 2.17. The van der Waals surface area contributed by atoms with Crippen LogP contribution >= 0.6 is 0 Å². The fourth-order valence-corrected chi connectivity index (χ4v) is 2.80. The predicted octanol–water partition coefficient (Wildman–Crippen LogP) is 2.92. The number of carbonyl (C=O) groups is 1. The molecular weight excluding hydrogens is 278 g/mol. The van der Waals surface area contributed by atoms with E-state index in [-0.39, 0.29) is 6.61 Å². The molecule has 0 atom stereocenters. The Bertz CT molecular complexity index is 640. The van der Waals surface area contributed by atoms with Crippen molar-refractivity contribution in [1.29, 1.82) is 0 Å². The highest BCUT2D eigenvalue weighted by molar-refractivity contribution is 6.41. The topological polar surface area (TPSA) is 47.9 Å². The maximum absolute atomic E-state index is 12.4. The quantitative estimate of drug-likeness (QED) is 0.815. The molecule has 4 nitrogen and oxygen atoms in total. The SMILES string of the molecule is CCOC(=O)C1=NOCC1(c1ccccc1)c1ccccc1. The second-order valence-corrected chi connectivity index (χ2v) is 5.07. The first kappa shape index (κ1) is 14.3. The van der Waals surface area contributed by atoms with Gasteiger partial charge >= 0.3 is 5.97 Å². The van der Waals surface area contributed by atoms with E-state index in [1.807, 2.05) is 60.7 Å². The average molecular weight is 295 g/mol. The van der Waals surface area contributed by atoms with Crippen LogP contribution in [0.25, 0.3) is 0 Å². The number of esters is 1. The summed E-state index contributed by atoms with van der Waals surface area (Å²) in [6, 6.07) is 19.6. The van der Waals surface area contributed by atoms with Crippen molar-refractivity contribution in [2.24, 2.45) is 5.16 Å². The van der Waals surface area contributed by atoms with E-state index in [1.54, 1.807) is 6.92 Å². The highest BCUT2D eigenvalue weighted by Gasteiger charge is 2.48. The van der Waals surface area contributed by atoms with Gasteiger partial charge in [0.1, 0.15) is 12.0 Å². The lowest BCUT2D eigenvalue weighted by Gasteiger charge is -2.28. The molecule has 1 aliphatic heterocycles. The largest absolute Gasteiger partial charge is 0.461 e. The lowest BCUT2D eigenvalue weighted by atomic mass is 9.71. The van der Waals surface area contributed by atoms with Crippen molar-refractivity contribution in [2.45, 2.75) is 12.3 Å². The molecular formula is C18H17NO3. The van der Waals surface area contributed by atoms with Gasteiger partial charge in [0.15, 0.2) is 5.71 Å². The summed E-state index contributed by atoms with van der Waals surface area (Å²) in [5.74, 6) is -0.437. The van der Waals surface area contributed by atoms with Crippen LogP contribution in [0.4, 0.5) is 0 Å². The minimum Gasteiger partial charge on any atom is -0.461 e. The molecule has 0 fully saturated rings. The average Bonchev–Trinajstić information content (AvgIpc) is 3.03. The monoisotopic (exact) mass is 295 g/mol. The van der Waals surface area contributed by atoms with E-state index >= 15 is 0 Å². The van der Waals surface area contributed by atoms with Gasteiger partial charge in [-0.05, 0) is 18.1 Å². The van der Waals surface area contributed by atoms with Gasteiger partial charge in [-0.3, -0.25) is 0 Å². The molecule has 0 aromatic heterocycles. The molecule has 2 aromatic carbocycles. The van der Waals surface area contributed by atoms with Crippen molar-refractivity contribution in [1.82, 2.24) is 0 Å². The lowest BCUT2D eigenvalue weighted by Crippen LogP contribution is -2.42. The summed E-state index contributed by atoms with van der Waals surface area (Å²) in [5, 5.41) is 4.00. The highest BCUT2D eigenvalue weighted by atomic mass is 16.6. The van der Waals surface area contributed by atoms with E-state index in [2.05, 4.69) is 5.16 Å². The number of carbonyl (C=O) groups excluding carboxylic acids is 1. The number of rotatable bonds is 4. The third-order valence-corrected chi connectivity index (χ3v) is 3.84. The summed E-state index contributed by atoms with van der Waals surface area (Å²) in [4.78, 5) is 17.7. The van der Waals surface area contributed by atoms with Gasteiger partial charge in [-0.1, -0.05) is 65.8 Å². The molecule has 0 spiro atoms. The molecule has 0 unspecified atom stereocenters. The zero-order valence-electron chi connectivity index (χ0n) is 12.4. The predicted molar refractivity (Wildman–Crippen MR) is 83.7 cm³/mol. The molecule has 0 bridgehead atoms. The van der Waals surface area contributed by atoms with Crippen molar-refractivity contribution < 1.29 is 14.4 Å². The van der Waals surface area contributed by atoms with E-state index in [0.717, 1.165) is 11.1 Å². The van der Waals surface area contributed by atoms with Crippen LogP contribution < -0.4 is 0 Å². The maximum Gasteiger partial charge on any atom is 0.357 e. The third kappa shape index (κ3) is 2.26. The first-order valence-electron chi connectivity index (χ1n) is 7.27. The minimum absolute atomic E-state index is 0.287. The van der Waals surface area contributed by atoms with Crippen LogP contribution in [0.2, 0.25) is 0 Å². The lowest BCUT2D eigenvalue weighted by molar-refractivity contribution is -0.135. The molecule has 0 saturated carbocycles. The number of benzene rings is 2. The Morgan fingerprint density at radius 1 is 1.09 bits per heavy atom. The van der Waals surface area contributed by atoms with E-state index in [0.29, 0.717) is 12.3 Å². The van der Waals surface area contributed by atoms with Crippen molar-refractivity contribution in [3.63, 3.8) is 0 Å². The summed E-state index contributed by atoms with van der Waals surface area (Å²) >= 11 is 0. The van der Waals surface area contributed by atoms with E-state index in [4.69, 9.17) is 9.57 Å². The Morgan fingerprint density at radius 2 is 1.64 bits per heavy atom. The molecule has 4 heteroatoms. The van der Waals surface area contributed by atoms with Gasteiger partial charge in [0, 0.05) is 0 Å². The molecule has 1 aliphatic rings. The van der Waals surface area contributed by atoms with Crippen molar-refractivity contribution >= 4 is 11.7 Å². The molecule has 1 heterocycles. The van der Waals surface area contributed by atoms with Gasteiger partial charge in [0.2, 0.25) is 0 Å². The van der Waals surface area contributed by atoms with Gasteiger partial charge in [-0.25, -0.2) is 4.79 Å². The van der Waals surface area contributed by atoms with Gasteiger partial charge < -0.3 is 9.57 Å². The minimum atomic E-state index is -0.727. The van der Waals surface area contributed by atoms with Gasteiger partial charge in [-0.2, -0.15) is 0 Å². The molecule has 0 radical (unpaired) electrons. The van der Waals surface area contributed by atoms with Crippen LogP contribution in [-0.2, 0) is 19.8 Å². The van der Waals surface area contributed by atoms with E-state index in [9.17, 15) is 4.79 Å². The molecule has 0 aliphatic carbocycles. The molecule has 22 heavy (non-hydrogen) atoms. The zero-order chi connectivity index (χ0) is 15.4. The summed E-state index contributed by atoms with van der Waals surface area (Å²) < 4.78 is 5.17. The van der Waals surface area contributed by atoms with Crippen molar-refractivity contribution in [3.8, 4) is 0 Å². The van der Waals surface area contributed by atoms with E-state index in [1.165, 1.54) is 0 Å². The fraction of sp³-hybridized carbons (Fsp3) is 0.222. The summed E-state index contributed by atoms with van der Waals surface area (Å²) in [6.07, 6.45) is 0. The standard InChI is InChI=1S/C18H17NO3/c1-2-21-17(20)16-18(13-22-19-16,14-9-5-3-6-10-14)15-11-7-4-8-12-15/h3-12H,2,13H2,1H3. The Morgan fingerprint density at radius 3 is 2.14 bits per heavy atom. The highest BCUT2D eigenvalue weighted by Crippen LogP contribution is 2.38. The van der Waals surface area contributed by atoms with Crippen LogP contribution in [0.5, 0.6) is 0 Å². The van der Waals surface area contributed by atoms with Gasteiger partial charge in [-0.15, -0.1) is 0 Å². The normalized spacial score (nSPS) is 15.8. The Labute approximate surface area is 129 Å². The molecule has 3 rings (SSSR count). The second-order valence-electron chi connectivity index (χ2n) is 5.07. The number of nitrogens with zero attached hydrogens (tertiary/aromatic N) is 1. The van der Waals surface area contributed by atoms with Crippen LogP contribution in [-0.4, -0.2) is 24.9 Å². The number of ether oxygens (including phenoxy) is 1. The summed E-state index contributed by atoms with van der Waals surface area (Å²) in [6.45, 7) is 2.37. The second kappa shape index (κ2) is 6.02. The smallest absolute Gasteiger partial charge is 0.357 e. The molecule has 2 aromatic rings. The molecule has 0 saturated heterocycles. The zero-order valence-corrected chi connectivity index (χ0v) is 12.4. The van der Waals surface area contributed by atoms with Gasteiger partial charge in [0.05, 0.1) is 6.61 Å². The Kier molecular flexibility index (Phi) is 3.92. The first-order valence-corrected chi connectivity index (χ1v) is 7.27. The van der Waals surface area contributed by atoms with E-state index < -0.39 is 11.4 Å². The summed E-state index contributed by atoms with van der Waals surface area (Å²) in [5.41, 5.74) is 1.50. The van der Waals surface area contributed by atoms with Gasteiger partial charge in [0.25, 0.3) is 0 Å². The fourth-order valence-electron chi connectivity index (χ4n) is 2.80. The van der Waals surface area contributed by atoms with Crippen LogP contribution in [0.15, 0.2) is 65.8 Å². The number of hydrogen-bond acceptors (Lipinski definition) is 4. The van der Waals surface area contributed by atoms with Crippen LogP contribution in [0, 0.1) is 0 Å².